The van der Waals surface area contributed by atoms with E-state index in [1.54, 1.807) is 4.90 Å². The van der Waals surface area contributed by atoms with Crippen LogP contribution in [0, 0.1) is 11.6 Å². The summed E-state index contributed by atoms with van der Waals surface area (Å²) in [6, 6.07) is 11.8. The van der Waals surface area contributed by atoms with Crippen molar-refractivity contribution in [2.24, 2.45) is 0 Å². The summed E-state index contributed by atoms with van der Waals surface area (Å²) < 4.78 is 26.6. The number of nitrogens with zero attached hydrogens (tertiary/aromatic N) is 2. The molecule has 0 aliphatic carbocycles. The number of hydrogen-bond acceptors (Lipinski definition) is 2. The summed E-state index contributed by atoms with van der Waals surface area (Å²) in [6.07, 6.45) is 4.16. The van der Waals surface area contributed by atoms with E-state index in [9.17, 15) is 13.6 Å². The monoisotopic (exact) mass is 412 g/mol. The Bertz CT molecular complexity index is 807. The van der Waals surface area contributed by atoms with Gasteiger partial charge in [-0.2, -0.15) is 0 Å². The van der Waals surface area contributed by atoms with Gasteiger partial charge in [0.25, 0.3) is 5.91 Å². The smallest absolute Gasteiger partial charge is 0.255 e. The molecule has 0 atom stereocenters. The zero-order valence-corrected chi connectivity index (χ0v) is 16.1. The molecule has 3 rings (SSSR count). The second kappa shape index (κ2) is 9.83. The second-order valence-corrected chi connectivity index (χ2v) is 6.56. The molecule has 7 heteroatoms. The first kappa shape index (κ1) is 21.4. The molecule has 27 heavy (non-hydrogen) atoms. The molecular formula is C20H20Cl2F2N2O. The molecule has 1 saturated heterocycles. The van der Waals surface area contributed by atoms with Crippen LogP contribution in [0.25, 0.3) is 6.08 Å². The lowest BCUT2D eigenvalue weighted by Gasteiger charge is -2.34. The van der Waals surface area contributed by atoms with Gasteiger partial charge in [-0.15, -0.1) is 12.4 Å². The van der Waals surface area contributed by atoms with E-state index in [1.165, 1.54) is 0 Å². The van der Waals surface area contributed by atoms with Crippen LogP contribution in [0.4, 0.5) is 8.78 Å². The van der Waals surface area contributed by atoms with E-state index in [1.807, 2.05) is 30.3 Å². The Kier molecular flexibility index (Phi) is 7.78. The summed E-state index contributed by atoms with van der Waals surface area (Å²) in [5.41, 5.74) is 1.15. The van der Waals surface area contributed by atoms with Crippen molar-refractivity contribution in [2.75, 3.05) is 32.7 Å². The number of carbonyl (C=O) groups is 1. The van der Waals surface area contributed by atoms with Crippen molar-refractivity contribution in [1.29, 1.82) is 0 Å². The first-order valence-electron chi connectivity index (χ1n) is 8.42. The predicted molar refractivity (Wildman–Crippen MR) is 106 cm³/mol. The van der Waals surface area contributed by atoms with Crippen LogP contribution < -0.4 is 0 Å². The topological polar surface area (TPSA) is 23.6 Å². The van der Waals surface area contributed by atoms with Gasteiger partial charge in [-0.25, -0.2) is 8.78 Å². The number of carbonyl (C=O) groups excluding carboxylic acids is 1. The summed E-state index contributed by atoms with van der Waals surface area (Å²) in [5, 5.41) is -0.0675. The van der Waals surface area contributed by atoms with Crippen LogP contribution in [0.3, 0.4) is 0 Å². The molecule has 0 unspecified atom stereocenters. The van der Waals surface area contributed by atoms with E-state index in [-0.39, 0.29) is 28.9 Å². The minimum absolute atomic E-state index is 0. The van der Waals surface area contributed by atoms with Crippen molar-refractivity contribution in [3.63, 3.8) is 0 Å². The van der Waals surface area contributed by atoms with Crippen LogP contribution in [0.5, 0.6) is 0 Å². The number of piperazine rings is 1. The first-order chi connectivity index (χ1) is 12.5. The quantitative estimate of drug-likeness (QED) is 0.689. The maximum Gasteiger partial charge on any atom is 0.255 e. The molecule has 0 radical (unpaired) electrons. The summed E-state index contributed by atoms with van der Waals surface area (Å²) in [6.45, 7) is 3.27. The van der Waals surface area contributed by atoms with Crippen LogP contribution >= 0.6 is 24.0 Å². The van der Waals surface area contributed by atoms with Gasteiger partial charge >= 0.3 is 0 Å². The minimum atomic E-state index is -1.07. The molecule has 2 aromatic rings. The predicted octanol–water partition coefficient (Wildman–Crippen LogP) is 4.51. The fraction of sp³-hybridized carbons (Fsp3) is 0.250. The van der Waals surface area contributed by atoms with Gasteiger partial charge in [-0.1, -0.05) is 54.1 Å². The van der Waals surface area contributed by atoms with Crippen molar-refractivity contribution in [1.82, 2.24) is 9.80 Å². The van der Waals surface area contributed by atoms with Crippen molar-refractivity contribution in [3.8, 4) is 0 Å². The molecule has 3 nitrogen and oxygen atoms in total. The molecule has 1 amide bonds. The average Bonchev–Trinajstić information content (AvgIpc) is 2.66. The highest BCUT2D eigenvalue weighted by Crippen LogP contribution is 2.22. The van der Waals surface area contributed by atoms with Crippen LogP contribution in [0.1, 0.15) is 15.9 Å². The molecule has 1 fully saturated rings. The summed E-state index contributed by atoms with van der Waals surface area (Å²) in [4.78, 5) is 16.4. The van der Waals surface area contributed by atoms with E-state index in [0.29, 0.717) is 26.2 Å². The SMILES string of the molecule is Cl.O=C(c1cc(F)c(F)cc1Cl)N1CCN(C/C=C/c2ccccc2)CC1. The molecular weight excluding hydrogens is 393 g/mol. The highest BCUT2D eigenvalue weighted by molar-refractivity contribution is 6.33. The van der Waals surface area contributed by atoms with Crippen LogP contribution in [0.2, 0.25) is 5.02 Å². The third kappa shape index (κ3) is 5.51. The van der Waals surface area contributed by atoms with Gasteiger partial charge in [0.05, 0.1) is 10.6 Å². The Morgan fingerprint density at radius 1 is 1.04 bits per heavy atom. The number of halogens is 4. The van der Waals surface area contributed by atoms with Gasteiger partial charge < -0.3 is 4.90 Å². The van der Waals surface area contributed by atoms with E-state index in [4.69, 9.17) is 11.6 Å². The van der Waals surface area contributed by atoms with Crippen molar-refractivity contribution in [3.05, 3.63) is 76.3 Å². The Morgan fingerprint density at radius 2 is 1.67 bits per heavy atom. The number of hydrogen-bond donors (Lipinski definition) is 0. The molecule has 0 N–H and O–H groups in total. The fourth-order valence-corrected chi connectivity index (χ4v) is 3.12. The Balaban J connectivity index is 0.00000261. The van der Waals surface area contributed by atoms with Crippen LogP contribution in [-0.4, -0.2) is 48.4 Å². The molecule has 0 saturated carbocycles. The Labute approximate surface area is 168 Å². The van der Waals surface area contributed by atoms with Gasteiger partial charge in [-0.3, -0.25) is 9.69 Å². The standard InChI is InChI=1S/C20H19ClF2N2O.ClH/c21-17-14-19(23)18(22)13-16(17)20(26)25-11-9-24(10-12-25)8-4-7-15-5-2-1-3-6-15;/h1-7,13-14H,8-12H2;1H/b7-4+;. The number of benzene rings is 2. The zero-order valence-electron chi connectivity index (χ0n) is 14.6. The van der Waals surface area contributed by atoms with Crippen molar-refractivity contribution in [2.45, 2.75) is 0 Å². The molecule has 2 aromatic carbocycles. The minimum Gasteiger partial charge on any atom is -0.336 e. The van der Waals surface area contributed by atoms with E-state index < -0.39 is 11.6 Å². The molecule has 1 aliphatic heterocycles. The summed E-state index contributed by atoms with van der Waals surface area (Å²) in [5.74, 6) is -2.49. The maximum absolute atomic E-state index is 13.4. The number of amides is 1. The summed E-state index contributed by atoms with van der Waals surface area (Å²) >= 11 is 5.90. The molecule has 0 aromatic heterocycles. The lowest BCUT2D eigenvalue weighted by Crippen LogP contribution is -2.48. The average molecular weight is 413 g/mol. The summed E-state index contributed by atoms with van der Waals surface area (Å²) in [7, 11) is 0. The molecule has 144 valence electrons. The van der Waals surface area contributed by atoms with E-state index in [2.05, 4.69) is 17.1 Å². The maximum atomic E-state index is 13.4. The van der Waals surface area contributed by atoms with Gasteiger partial charge in [0.1, 0.15) is 0 Å². The molecule has 1 aliphatic rings. The normalized spacial score (nSPS) is 15.0. The second-order valence-electron chi connectivity index (χ2n) is 6.15. The van der Waals surface area contributed by atoms with E-state index in [0.717, 1.165) is 24.2 Å². The van der Waals surface area contributed by atoms with Crippen molar-refractivity contribution < 1.29 is 13.6 Å². The Hall–Kier alpha value is -1.95. The van der Waals surface area contributed by atoms with Crippen LogP contribution in [-0.2, 0) is 0 Å². The third-order valence-corrected chi connectivity index (χ3v) is 4.69. The van der Waals surface area contributed by atoms with Crippen LogP contribution in [0.15, 0.2) is 48.5 Å². The Morgan fingerprint density at radius 3 is 2.33 bits per heavy atom. The largest absolute Gasteiger partial charge is 0.336 e. The lowest BCUT2D eigenvalue weighted by molar-refractivity contribution is 0.0650. The molecule has 0 bridgehead atoms. The highest BCUT2D eigenvalue weighted by atomic mass is 35.5. The van der Waals surface area contributed by atoms with E-state index >= 15 is 0 Å². The fourth-order valence-electron chi connectivity index (χ4n) is 2.89. The van der Waals surface area contributed by atoms with Gasteiger partial charge in [0, 0.05) is 32.7 Å². The molecule has 1 heterocycles. The van der Waals surface area contributed by atoms with Gasteiger partial charge in [0.2, 0.25) is 0 Å². The third-order valence-electron chi connectivity index (χ3n) is 4.37. The van der Waals surface area contributed by atoms with Gasteiger partial charge in [-0.05, 0) is 17.7 Å². The first-order valence-corrected chi connectivity index (χ1v) is 8.80. The number of rotatable bonds is 4. The zero-order chi connectivity index (χ0) is 18.5. The van der Waals surface area contributed by atoms with Crippen molar-refractivity contribution >= 4 is 36.0 Å². The van der Waals surface area contributed by atoms with Gasteiger partial charge in [0.15, 0.2) is 11.6 Å². The lowest BCUT2D eigenvalue weighted by atomic mass is 10.1. The highest BCUT2D eigenvalue weighted by Gasteiger charge is 2.24. The molecule has 0 spiro atoms.